The molecule has 10 nitrogen and oxygen atoms in total. The molecule has 2 heterocycles. The standard InChI is InChI=1S/C22H28F2N4O4.C2H4O2.ClH/c1-12-10-28(8-7-26-12)21(29)18-19(13(2)25)32-20(27-18)15-5-6-16(31-22(23)24)17(9-15)30-11-14-3-4-14;1-2(3)4;/h5-6,9,12-14,22,26H,3-4,7-8,10-11,25H2,1-2H3;1H3,(H,3,4);1H/t12-,13?;;/m1../s1. The fourth-order valence-electron chi connectivity index (χ4n) is 3.62. The molecule has 1 saturated carbocycles. The van der Waals surface area contributed by atoms with Crippen molar-refractivity contribution in [1.82, 2.24) is 15.2 Å². The Kier molecular flexibility index (Phi) is 11.1. The van der Waals surface area contributed by atoms with Crippen molar-refractivity contribution >= 4 is 24.3 Å². The van der Waals surface area contributed by atoms with Crippen LogP contribution in [0.2, 0.25) is 0 Å². The van der Waals surface area contributed by atoms with E-state index in [4.69, 9.17) is 24.8 Å². The summed E-state index contributed by atoms with van der Waals surface area (Å²) in [6.07, 6.45) is 2.11. The average molecular weight is 547 g/mol. The van der Waals surface area contributed by atoms with E-state index in [1.807, 2.05) is 6.92 Å². The van der Waals surface area contributed by atoms with Gasteiger partial charge in [0.1, 0.15) is 0 Å². The summed E-state index contributed by atoms with van der Waals surface area (Å²) in [7, 11) is 0. The third-order valence-electron chi connectivity index (χ3n) is 5.50. The third-order valence-corrected chi connectivity index (χ3v) is 5.50. The maximum atomic E-state index is 13.1. The van der Waals surface area contributed by atoms with Crippen molar-refractivity contribution in [3.05, 3.63) is 29.7 Å². The van der Waals surface area contributed by atoms with Gasteiger partial charge in [-0.25, -0.2) is 4.98 Å². The Balaban J connectivity index is 0.000000898. The number of amides is 1. The molecule has 0 bridgehead atoms. The molecule has 2 aliphatic rings. The number of carboxylic acid groups (broad SMARTS) is 1. The van der Waals surface area contributed by atoms with E-state index in [-0.39, 0.29) is 53.2 Å². The second-order valence-electron chi connectivity index (χ2n) is 8.94. The van der Waals surface area contributed by atoms with E-state index < -0.39 is 18.6 Å². The summed E-state index contributed by atoms with van der Waals surface area (Å²) in [6, 6.07) is 4.09. The summed E-state index contributed by atoms with van der Waals surface area (Å²) in [6.45, 7) is 4.06. The topological polar surface area (TPSA) is 140 Å². The van der Waals surface area contributed by atoms with Crippen LogP contribution in [0.25, 0.3) is 11.5 Å². The average Bonchev–Trinajstić information content (AvgIpc) is 3.52. The highest BCUT2D eigenvalue weighted by atomic mass is 35.5. The molecule has 1 saturated heterocycles. The van der Waals surface area contributed by atoms with Crippen molar-refractivity contribution in [2.75, 3.05) is 26.2 Å². The minimum atomic E-state index is -2.97. The van der Waals surface area contributed by atoms with Gasteiger partial charge in [0.2, 0.25) is 5.89 Å². The van der Waals surface area contributed by atoms with Crippen molar-refractivity contribution in [2.24, 2.45) is 11.7 Å². The van der Waals surface area contributed by atoms with Gasteiger partial charge >= 0.3 is 6.61 Å². The Morgan fingerprint density at radius 3 is 2.57 bits per heavy atom. The van der Waals surface area contributed by atoms with Gasteiger partial charge in [-0.05, 0) is 50.8 Å². The van der Waals surface area contributed by atoms with Crippen LogP contribution in [-0.2, 0) is 4.79 Å². The van der Waals surface area contributed by atoms with Gasteiger partial charge in [0, 0.05) is 38.2 Å². The molecule has 1 amide bonds. The van der Waals surface area contributed by atoms with Gasteiger partial charge in [-0.15, -0.1) is 12.4 Å². The van der Waals surface area contributed by atoms with Gasteiger partial charge in [-0.1, -0.05) is 0 Å². The van der Waals surface area contributed by atoms with Crippen LogP contribution in [0.4, 0.5) is 8.78 Å². The lowest BCUT2D eigenvalue weighted by Crippen LogP contribution is -2.51. The summed E-state index contributed by atoms with van der Waals surface area (Å²) in [4.78, 5) is 28.3. The van der Waals surface area contributed by atoms with Crippen LogP contribution in [0.5, 0.6) is 11.5 Å². The number of oxazole rings is 1. The Bertz CT molecular complexity index is 1060. The van der Waals surface area contributed by atoms with Crippen LogP contribution in [0.3, 0.4) is 0 Å². The number of rotatable bonds is 8. The fourth-order valence-corrected chi connectivity index (χ4v) is 3.62. The summed E-state index contributed by atoms with van der Waals surface area (Å²) < 4.78 is 41.8. The van der Waals surface area contributed by atoms with Crippen molar-refractivity contribution in [2.45, 2.75) is 52.3 Å². The number of carboxylic acids is 1. The number of ether oxygens (including phenoxy) is 2. The quantitative estimate of drug-likeness (QED) is 0.452. The molecule has 2 atom stereocenters. The predicted octanol–water partition coefficient (Wildman–Crippen LogP) is 3.70. The minimum absolute atomic E-state index is 0. The molecule has 37 heavy (non-hydrogen) atoms. The van der Waals surface area contributed by atoms with Gasteiger partial charge in [0.05, 0.1) is 12.6 Å². The first-order chi connectivity index (χ1) is 17.0. The Hall–Kier alpha value is -2.96. The van der Waals surface area contributed by atoms with Crippen LogP contribution >= 0.6 is 12.4 Å². The number of carbonyl (C=O) groups is 2. The summed E-state index contributed by atoms with van der Waals surface area (Å²) in [5, 5.41) is 10.7. The molecule has 2 aromatic rings. The second kappa shape index (κ2) is 13.5. The first-order valence-corrected chi connectivity index (χ1v) is 11.8. The lowest BCUT2D eigenvalue weighted by Gasteiger charge is -2.31. The zero-order valence-corrected chi connectivity index (χ0v) is 21.7. The number of aliphatic carboxylic acids is 1. The molecule has 2 fully saturated rings. The van der Waals surface area contributed by atoms with E-state index in [1.54, 1.807) is 17.9 Å². The molecule has 206 valence electrons. The van der Waals surface area contributed by atoms with E-state index in [1.165, 1.54) is 12.1 Å². The van der Waals surface area contributed by atoms with Gasteiger partial charge in [-0.3, -0.25) is 9.59 Å². The van der Waals surface area contributed by atoms with Crippen LogP contribution in [0.15, 0.2) is 22.6 Å². The highest BCUT2D eigenvalue weighted by Gasteiger charge is 2.30. The van der Waals surface area contributed by atoms with E-state index in [0.717, 1.165) is 19.8 Å². The number of nitrogens with zero attached hydrogens (tertiary/aromatic N) is 2. The minimum Gasteiger partial charge on any atom is -0.489 e. The number of aromatic nitrogens is 1. The first-order valence-electron chi connectivity index (χ1n) is 11.8. The predicted molar refractivity (Wildman–Crippen MR) is 133 cm³/mol. The number of nitrogens with one attached hydrogen (secondary N) is 1. The summed E-state index contributed by atoms with van der Waals surface area (Å²) in [5.74, 6) is -0.0829. The number of benzene rings is 1. The Labute approximate surface area is 219 Å². The molecule has 0 spiro atoms. The fraction of sp³-hybridized carbons (Fsp3) is 0.542. The zero-order chi connectivity index (χ0) is 26.4. The molecule has 1 aliphatic carbocycles. The molecule has 1 unspecified atom stereocenters. The number of piperazine rings is 1. The van der Waals surface area contributed by atoms with E-state index in [2.05, 4.69) is 15.0 Å². The maximum absolute atomic E-state index is 13.1. The molecule has 1 aromatic heterocycles. The number of carbonyl (C=O) groups excluding carboxylic acids is 1. The maximum Gasteiger partial charge on any atom is 0.387 e. The van der Waals surface area contributed by atoms with Crippen LogP contribution < -0.4 is 20.5 Å². The lowest BCUT2D eigenvalue weighted by atomic mass is 10.1. The number of hydrogen-bond acceptors (Lipinski definition) is 8. The summed E-state index contributed by atoms with van der Waals surface area (Å²) in [5.41, 5.74) is 6.70. The molecule has 1 aromatic carbocycles. The SMILES string of the molecule is CC(=O)O.CC(N)c1oc(-c2ccc(OC(F)F)c(OCC3CC3)c2)nc1C(=O)N1CCN[C@H](C)C1.Cl. The molecular weight excluding hydrogens is 514 g/mol. The number of halogens is 3. The van der Waals surface area contributed by atoms with E-state index in [0.29, 0.717) is 37.7 Å². The number of nitrogens with two attached hydrogens (primary N) is 1. The highest BCUT2D eigenvalue weighted by Crippen LogP contribution is 2.37. The molecular formula is C24H33ClF2N4O6. The highest BCUT2D eigenvalue weighted by molar-refractivity contribution is 5.94. The first kappa shape index (κ1) is 30.3. The summed E-state index contributed by atoms with van der Waals surface area (Å²) >= 11 is 0. The normalized spacial score (nSPS) is 17.8. The number of alkyl halides is 2. The Morgan fingerprint density at radius 1 is 1.32 bits per heavy atom. The van der Waals surface area contributed by atoms with Crippen LogP contribution in [0.1, 0.15) is 55.9 Å². The van der Waals surface area contributed by atoms with Gasteiger partial charge < -0.3 is 34.9 Å². The monoisotopic (exact) mass is 546 g/mol. The largest absolute Gasteiger partial charge is 0.489 e. The molecule has 1 aliphatic heterocycles. The van der Waals surface area contributed by atoms with Gasteiger partial charge in [0.25, 0.3) is 11.9 Å². The van der Waals surface area contributed by atoms with Crippen molar-refractivity contribution in [3.8, 4) is 23.0 Å². The number of hydrogen-bond donors (Lipinski definition) is 3. The van der Waals surface area contributed by atoms with Crippen molar-refractivity contribution < 1.29 is 37.4 Å². The lowest BCUT2D eigenvalue weighted by molar-refractivity contribution is -0.134. The second-order valence-corrected chi connectivity index (χ2v) is 8.94. The molecule has 4 rings (SSSR count). The third kappa shape index (κ3) is 8.83. The smallest absolute Gasteiger partial charge is 0.387 e. The van der Waals surface area contributed by atoms with Gasteiger partial charge in [-0.2, -0.15) is 8.78 Å². The molecule has 4 N–H and O–H groups in total. The van der Waals surface area contributed by atoms with Crippen molar-refractivity contribution in [3.63, 3.8) is 0 Å². The van der Waals surface area contributed by atoms with E-state index in [9.17, 15) is 13.6 Å². The molecule has 0 radical (unpaired) electrons. The van der Waals surface area contributed by atoms with E-state index >= 15 is 0 Å². The zero-order valence-electron chi connectivity index (χ0n) is 20.9. The molecule has 13 heteroatoms. The van der Waals surface area contributed by atoms with Crippen molar-refractivity contribution in [1.29, 1.82) is 0 Å². The van der Waals surface area contributed by atoms with Gasteiger partial charge in [0.15, 0.2) is 23.0 Å². The Morgan fingerprint density at radius 2 is 2.00 bits per heavy atom. The van der Waals surface area contributed by atoms with Crippen LogP contribution in [-0.4, -0.2) is 65.8 Å². The van der Waals surface area contributed by atoms with Crippen LogP contribution in [0, 0.1) is 5.92 Å².